The molecule has 4 atom stereocenters. The number of hydrogen-bond acceptors (Lipinski definition) is 8. The summed E-state index contributed by atoms with van der Waals surface area (Å²) in [4.78, 5) is 34.9. The minimum atomic E-state index is -0.596. The fourth-order valence-electron chi connectivity index (χ4n) is 7.85. The van der Waals surface area contributed by atoms with Crippen LogP contribution < -0.4 is 20.1 Å². The average Bonchev–Trinajstić information content (AvgIpc) is 3.98. The summed E-state index contributed by atoms with van der Waals surface area (Å²) >= 11 is 2.87. The second kappa shape index (κ2) is 14.7. The number of fused-ring (bicyclic) bond motifs is 2. The van der Waals surface area contributed by atoms with Crippen LogP contribution in [0.4, 0.5) is 10.3 Å². The van der Waals surface area contributed by atoms with Crippen molar-refractivity contribution in [2.75, 3.05) is 24.9 Å². The third kappa shape index (κ3) is 6.71. The van der Waals surface area contributed by atoms with E-state index in [1.165, 1.54) is 44.9 Å². The summed E-state index contributed by atoms with van der Waals surface area (Å²) in [6, 6.07) is 32.7. The molecule has 0 saturated carbocycles. The van der Waals surface area contributed by atoms with Gasteiger partial charge in [0.05, 0.1) is 25.0 Å². The van der Waals surface area contributed by atoms with E-state index in [9.17, 15) is 9.59 Å². The number of nitrogens with zero attached hydrogens (tertiary/aromatic N) is 2. The number of hydrogen-bond donors (Lipinski definition) is 2. The number of ether oxygens (including phenoxy) is 2. The largest absolute Gasteiger partial charge is 0.497 e. The Kier molecular flexibility index (Phi) is 9.94. The zero-order chi connectivity index (χ0) is 36.3. The van der Waals surface area contributed by atoms with E-state index in [2.05, 4.69) is 57.0 Å². The molecule has 8 rings (SSSR count). The Labute approximate surface area is 311 Å². The molecule has 0 spiro atoms. The first-order valence-corrected chi connectivity index (χ1v) is 18.8. The molecule has 2 aliphatic rings. The van der Waals surface area contributed by atoms with Crippen molar-refractivity contribution in [1.82, 2.24) is 9.97 Å². The van der Waals surface area contributed by atoms with Crippen LogP contribution in [0.5, 0.6) is 11.5 Å². The number of thiazole rings is 2. The number of aromatic nitrogens is 2. The van der Waals surface area contributed by atoms with E-state index in [1.54, 1.807) is 26.6 Å². The molecule has 4 aromatic carbocycles. The van der Waals surface area contributed by atoms with Gasteiger partial charge in [0.25, 0.3) is 0 Å². The molecular weight excluding hydrogens is 689 g/mol. The maximum Gasteiger partial charge on any atom is 0.233 e. The van der Waals surface area contributed by atoms with Gasteiger partial charge < -0.3 is 20.1 Å². The van der Waals surface area contributed by atoms with Crippen molar-refractivity contribution >= 4 is 44.8 Å². The maximum absolute atomic E-state index is 13.3. The third-order valence-electron chi connectivity index (χ3n) is 10.3. The summed E-state index contributed by atoms with van der Waals surface area (Å²) in [5.41, 5.74) is 5.84. The molecule has 0 radical (unpaired) electrons. The molecule has 2 aromatic heterocycles. The van der Waals surface area contributed by atoms with Gasteiger partial charge in [-0.1, -0.05) is 72.8 Å². The van der Waals surface area contributed by atoms with Gasteiger partial charge in [-0.2, -0.15) is 0 Å². The standard InChI is InChI=1S/2C21H20N2O2S/c2*1-21(19(24)23-20-22-10-11-26-20)13-15-6-3-4-9-17(15)18(21)14-7-5-8-16(12-14)25-2/h2*3-12,18H,13H2,1-2H3,(H,22,23,24)/t2*18-,21+/m10/s1. The SMILES string of the molecule is COc1cccc([C@@H]2c3ccccc3C[C@]2(C)C(=O)Nc2nccs2)c1.COc1cccc([C@H]2c3ccccc3C[C@@]2(C)C(=O)Nc2nccs2)c1. The normalized spacial score (nSPS) is 21.2. The Morgan fingerprint density at radius 2 is 1.06 bits per heavy atom. The molecule has 10 heteroatoms. The highest BCUT2D eigenvalue weighted by Gasteiger charge is 2.50. The molecule has 2 heterocycles. The Balaban J connectivity index is 0.000000162. The number of anilines is 2. The van der Waals surface area contributed by atoms with Gasteiger partial charge in [0, 0.05) is 35.0 Å². The lowest BCUT2D eigenvalue weighted by atomic mass is 9.73. The van der Waals surface area contributed by atoms with E-state index in [0.29, 0.717) is 23.1 Å². The first kappa shape index (κ1) is 35.1. The summed E-state index contributed by atoms with van der Waals surface area (Å²) in [5.74, 6) is 1.53. The van der Waals surface area contributed by atoms with E-state index in [0.717, 1.165) is 22.6 Å². The van der Waals surface area contributed by atoms with Crippen LogP contribution in [0.25, 0.3) is 0 Å². The van der Waals surface area contributed by atoms with Crippen LogP contribution in [-0.4, -0.2) is 36.0 Å². The van der Waals surface area contributed by atoms with Crippen LogP contribution in [0, 0.1) is 10.8 Å². The van der Waals surface area contributed by atoms with E-state index in [-0.39, 0.29) is 23.7 Å². The van der Waals surface area contributed by atoms with E-state index in [1.807, 2.05) is 85.3 Å². The van der Waals surface area contributed by atoms with E-state index in [4.69, 9.17) is 9.47 Å². The number of carbonyl (C=O) groups excluding carboxylic acids is 2. The number of methoxy groups -OCH3 is 2. The van der Waals surface area contributed by atoms with Gasteiger partial charge in [0.2, 0.25) is 11.8 Å². The molecule has 52 heavy (non-hydrogen) atoms. The van der Waals surface area contributed by atoms with E-state index < -0.39 is 10.8 Å². The number of benzene rings is 4. The molecule has 2 N–H and O–H groups in total. The first-order chi connectivity index (χ1) is 25.2. The lowest BCUT2D eigenvalue weighted by molar-refractivity contribution is -0.125. The third-order valence-corrected chi connectivity index (χ3v) is 11.7. The Morgan fingerprint density at radius 1 is 0.635 bits per heavy atom. The van der Waals surface area contributed by atoms with Gasteiger partial charge in [-0.05, 0) is 84.3 Å². The summed E-state index contributed by atoms with van der Waals surface area (Å²) in [7, 11) is 3.33. The fourth-order valence-corrected chi connectivity index (χ4v) is 8.89. The number of nitrogens with one attached hydrogen (secondary N) is 2. The minimum Gasteiger partial charge on any atom is -0.497 e. The predicted octanol–water partition coefficient (Wildman–Crippen LogP) is 8.97. The first-order valence-electron chi connectivity index (χ1n) is 17.1. The minimum absolute atomic E-state index is 0.00327. The average molecular weight is 729 g/mol. The van der Waals surface area contributed by atoms with Crippen LogP contribution in [0.15, 0.2) is 120 Å². The smallest absolute Gasteiger partial charge is 0.233 e. The Morgan fingerprint density at radius 3 is 1.44 bits per heavy atom. The zero-order valence-electron chi connectivity index (χ0n) is 29.5. The van der Waals surface area contributed by atoms with Crippen molar-refractivity contribution in [3.8, 4) is 11.5 Å². The summed E-state index contributed by atoms with van der Waals surface area (Å²) < 4.78 is 10.8. The van der Waals surface area contributed by atoms with Gasteiger partial charge in [0.15, 0.2) is 10.3 Å². The monoisotopic (exact) mass is 728 g/mol. The quantitative estimate of drug-likeness (QED) is 0.162. The molecule has 2 aliphatic carbocycles. The lowest BCUT2D eigenvalue weighted by Crippen LogP contribution is -2.37. The molecule has 6 aromatic rings. The van der Waals surface area contributed by atoms with Crippen LogP contribution in [0.3, 0.4) is 0 Å². The fraction of sp³-hybridized carbons (Fsp3) is 0.238. The summed E-state index contributed by atoms with van der Waals surface area (Å²) in [6.07, 6.45) is 4.79. The van der Waals surface area contributed by atoms with Crippen LogP contribution in [0.2, 0.25) is 0 Å². The number of amides is 2. The number of carbonyl (C=O) groups is 2. The second-order valence-corrected chi connectivity index (χ2v) is 15.4. The van der Waals surface area contributed by atoms with Crippen molar-refractivity contribution in [2.24, 2.45) is 10.8 Å². The Bertz CT molecular complexity index is 2030. The van der Waals surface area contributed by atoms with Crippen molar-refractivity contribution in [1.29, 1.82) is 0 Å². The van der Waals surface area contributed by atoms with Gasteiger partial charge in [-0.15, -0.1) is 22.7 Å². The molecule has 2 amide bonds. The lowest BCUT2D eigenvalue weighted by Gasteiger charge is -2.31. The van der Waals surface area contributed by atoms with Gasteiger partial charge in [-0.25, -0.2) is 9.97 Å². The van der Waals surface area contributed by atoms with Gasteiger partial charge in [0.1, 0.15) is 11.5 Å². The molecule has 0 unspecified atom stereocenters. The predicted molar refractivity (Wildman–Crippen MR) is 208 cm³/mol. The highest BCUT2D eigenvalue weighted by molar-refractivity contribution is 7.14. The molecular formula is C42H40N4O4S2. The highest BCUT2D eigenvalue weighted by Crippen LogP contribution is 2.53. The van der Waals surface area contributed by atoms with Crippen molar-refractivity contribution < 1.29 is 19.1 Å². The molecule has 0 saturated heterocycles. The van der Waals surface area contributed by atoms with Gasteiger partial charge in [-0.3, -0.25) is 9.59 Å². The summed E-state index contributed by atoms with van der Waals surface area (Å²) in [5, 5.41) is 11.0. The number of rotatable bonds is 8. The second-order valence-electron chi connectivity index (χ2n) is 13.6. The van der Waals surface area contributed by atoms with Gasteiger partial charge >= 0.3 is 0 Å². The molecule has 264 valence electrons. The maximum atomic E-state index is 13.3. The summed E-state index contributed by atoms with van der Waals surface area (Å²) in [6.45, 7) is 4.08. The van der Waals surface area contributed by atoms with Crippen molar-refractivity contribution in [3.63, 3.8) is 0 Å². The van der Waals surface area contributed by atoms with Crippen LogP contribution in [0.1, 0.15) is 59.1 Å². The molecule has 0 aliphatic heterocycles. The van der Waals surface area contributed by atoms with Crippen molar-refractivity contribution in [3.05, 3.63) is 154 Å². The van der Waals surface area contributed by atoms with E-state index >= 15 is 0 Å². The zero-order valence-corrected chi connectivity index (χ0v) is 31.1. The van der Waals surface area contributed by atoms with Crippen LogP contribution >= 0.6 is 22.7 Å². The van der Waals surface area contributed by atoms with Crippen molar-refractivity contribution in [2.45, 2.75) is 38.5 Å². The Hall–Kier alpha value is -5.32. The molecule has 0 fully saturated rings. The molecule has 8 nitrogen and oxygen atoms in total. The van der Waals surface area contributed by atoms with Crippen LogP contribution in [-0.2, 0) is 22.4 Å². The topological polar surface area (TPSA) is 102 Å². The highest BCUT2D eigenvalue weighted by atomic mass is 32.1. The molecule has 0 bridgehead atoms.